The second-order valence-electron chi connectivity index (χ2n) is 5.09. The molecule has 3 nitrogen and oxygen atoms in total. The molecular formula is C15H24ClN3. The van der Waals surface area contributed by atoms with Gasteiger partial charge >= 0.3 is 0 Å². The molecule has 2 N–H and O–H groups in total. The van der Waals surface area contributed by atoms with Crippen molar-refractivity contribution in [1.82, 2.24) is 4.90 Å². The van der Waals surface area contributed by atoms with Gasteiger partial charge in [0.25, 0.3) is 0 Å². The minimum absolute atomic E-state index is 0.544. The van der Waals surface area contributed by atoms with Crippen LogP contribution >= 0.6 is 11.6 Å². The van der Waals surface area contributed by atoms with Gasteiger partial charge in [0.15, 0.2) is 0 Å². The Morgan fingerprint density at radius 2 is 2.11 bits per heavy atom. The lowest BCUT2D eigenvalue weighted by molar-refractivity contribution is 0.232. The molecule has 0 spiro atoms. The van der Waals surface area contributed by atoms with Gasteiger partial charge in [0.1, 0.15) is 0 Å². The fourth-order valence-electron chi connectivity index (χ4n) is 3.02. The van der Waals surface area contributed by atoms with E-state index in [4.69, 9.17) is 17.3 Å². The van der Waals surface area contributed by atoms with Crippen molar-refractivity contribution in [3.05, 3.63) is 28.8 Å². The highest BCUT2D eigenvalue weighted by atomic mass is 35.5. The molecule has 2 rings (SSSR count). The second-order valence-corrected chi connectivity index (χ2v) is 5.52. The zero-order valence-electron chi connectivity index (χ0n) is 11.9. The summed E-state index contributed by atoms with van der Waals surface area (Å²) < 4.78 is 0. The molecule has 1 aromatic carbocycles. The van der Waals surface area contributed by atoms with Crippen molar-refractivity contribution in [2.75, 3.05) is 31.1 Å². The minimum Gasteiger partial charge on any atom is -0.370 e. The van der Waals surface area contributed by atoms with Gasteiger partial charge in [-0.2, -0.15) is 0 Å². The van der Waals surface area contributed by atoms with Crippen LogP contribution in [0.4, 0.5) is 5.69 Å². The van der Waals surface area contributed by atoms with Crippen LogP contribution in [0.15, 0.2) is 18.2 Å². The van der Waals surface area contributed by atoms with Gasteiger partial charge in [-0.3, -0.25) is 4.90 Å². The van der Waals surface area contributed by atoms with Crippen molar-refractivity contribution in [2.24, 2.45) is 5.73 Å². The molecule has 1 atom stereocenters. The highest BCUT2D eigenvalue weighted by Crippen LogP contribution is 2.28. The summed E-state index contributed by atoms with van der Waals surface area (Å²) in [5, 5.41) is 0.767. The average molecular weight is 282 g/mol. The fourth-order valence-corrected chi connectivity index (χ4v) is 3.22. The highest BCUT2D eigenvalue weighted by Gasteiger charge is 2.27. The van der Waals surface area contributed by atoms with Crippen LogP contribution in [0.1, 0.15) is 25.8 Å². The smallest absolute Gasteiger partial charge is 0.0413 e. The van der Waals surface area contributed by atoms with E-state index in [2.05, 4.69) is 29.7 Å². The topological polar surface area (TPSA) is 32.5 Å². The van der Waals surface area contributed by atoms with E-state index in [-0.39, 0.29) is 0 Å². The molecule has 0 amide bonds. The molecule has 0 radical (unpaired) electrons. The van der Waals surface area contributed by atoms with Crippen LogP contribution in [0.5, 0.6) is 0 Å². The SMILES string of the molecule is CCN(CC)C1CCN(c2ccc(Cl)cc2CN)C1. The fraction of sp³-hybridized carbons (Fsp3) is 0.600. The van der Waals surface area contributed by atoms with E-state index in [1.54, 1.807) is 0 Å². The Labute approximate surface area is 121 Å². The summed E-state index contributed by atoms with van der Waals surface area (Å²) in [6.45, 7) is 9.46. The van der Waals surface area contributed by atoms with Gasteiger partial charge in [-0.1, -0.05) is 25.4 Å². The zero-order valence-corrected chi connectivity index (χ0v) is 12.7. The van der Waals surface area contributed by atoms with Crippen LogP contribution in [-0.4, -0.2) is 37.1 Å². The molecular weight excluding hydrogens is 258 g/mol. The zero-order chi connectivity index (χ0) is 13.8. The first-order valence-electron chi connectivity index (χ1n) is 7.17. The van der Waals surface area contributed by atoms with Gasteiger partial charge in [0.2, 0.25) is 0 Å². The monoisotopic (exact) mass is 281 g/mol. The molecule has 1 saturated heterocycles. The Hall–Kier alpha value is -0.770. The van der Waals surface area contributed by atoms with Crippen molar-refractivity contribution in [1.29, 1.82) is 0 Å². The van der Waals surface area contributed by atoms with E-state index < -0.39 is 0 Å². The van der Waals surface area contributed by atoms with E-state index in [1.807, 2.05) is 12.1 Å². The Bertz CT molecular complexity index is 418. The summed E-state index contributed by atoms with van der Waals surface area (Å²) in [4.78, 5) is 4.99. The number of likely N-dealkylation sites (N-methyl/N-ethyl adjacent to an activating group) is 1. The Balaban J connectivity index is 2.12. The van der Waals surface area contributed by atoms with Gasteiger partial charge in [-0.15, -0.1) is 0 Å². The number of nitrogens with two attached hydrogens (primary N) is 1. The molecule has 106 valence electrons. The van der Waals surface area contributed by atoms with Crippen molar-refractivity contribution in [2.45, 2.75) is 32.9 Å². The van der Waals surface area contributed by atoms with E-state index in [9.17, 15) is 0 Å². The van der Waals surface area contributed by atoms with Gasteiger partial charge in [-0.25, -0.2) is 0 Å². The van der Waals surface area contributed by atoms with Crippen molar-refractivity contribution in [3.8, 4) is 0 Å². The summed E-state index contributed by atoms with van der Waals surface area (Å²) >= 11 is 6.04. The summed E-state index contributed by atoms with van der Waals surface area (Å²) in [6, 6.07) is 6.72. The number of halogens is 1. The third-order valence-corrected chi connectivity index (χ3v) is 4.33. The number of hydrogen-bond acceptors (Lipinski definition) is 3. The van der Waals surface area contributed by atoms with Crippen LogP contribution < -0.4 is 10.6 Å². The van der Waals surface area contributed by atoms with E-state index in [1.165, 1.54) is 12.1 Å². The normalized spacial score (nSPS) is 19.4. The van der Waals surface area contributed by atoms with Crippen molar-refractivity contribution in [3.63, 3.8) is 0 Å². The van der Waals surface area contributed by atoms with Crippen molar-refractivity contribution >= 4 is 17.3 Å². The lowest BCUT2D eigenvalue weighted by Crippen LogP contribution is -2.37. The lowest BCUT2D eigenvalue weighted by atomic mass is 10.1. The standard InChI is InChI=1S/C15H24ClN3/c1-3-18(4-2)14-7-8-19(11-14)15-6-5-13(16)9-12(15)10-17/h5-6,9,14H,3-4,7-8,10-11,17H2,1-2H3. The molecule has 0 aliphatic carbocycles. The molecule has 19 heavy (non-hydrogen) atoms. The van der Waals surface area contributed by atoms with Crippen LogP contribution in [0.25, 0.3) is 0 Å². The first-order chi connectivity index (χ1) is 9.19. The molecule has 1 aliphatic rings. The van der Waals surface area contributed by atoms with E-state index >= 15 is 0 Å². The van der Waals surface area contributed by atoms with Gasteiger partial charge in [0, 0.05) is 36.4 Å². The van der Waals surface area contributed by atoms with Gasteiger partial charge in [0.05, 0.1) is 0 Å². The van der Waals surface area contributed by atoms with Gasteiger partial charge < -0.3 is 10.6 Å². The van der Waals surface area contributed by atoms with E-state index in [0.717, 1.165) is 36.8 Å². The first kappa shape index (κ1) is 14.6. The maximum Gasteiger partial charge on any atom is 0.0413 e. The predicted octanol–water partition coefficient (Wildman–Crippen LogP) is 2.72. The molecule has 1 aliphatic heterocycles. The maximum atomic E-state index is 6.04. The van der Waals surface area contributed by atoms with E-state index in [0.29, 0.717) is 12.6 Å². The molecule has 1 unspecified atom stereocenters. The summed E-state index contributed by atoms with van der Waals surface area (Å²) in [7, 11) is 0. The molecule has 0 aromatic heterocycles. The molecule has 0 bridgehead atoms. The Morgan fingerprint density at radius 1 is 1.37 bits per heavy atom. The molecule has 1 fully saturated rings. The first-order valence-corrected chi connectivity index (χ1v) is 7.54. The predicted molar refractivity (Wildman–Crippen MR) is 82.9 cm³/mol. The third kappa shape index (κ3) is 3.22. The Kier molecular flexibility index (Phi) is 5.08. The third-order valence-electron chi connectivity index (χ3n) is 4.09. The second kappa shape index (κ2) is 6.60. The summed E-state index contributed by atoms with van der Waals surface area (Å²) in [6.07, 6.45) is 1.23. The maximum absolute atomic E-state index is 6.04. The van der Waals surface area contributed by atoms with Crippen LogP contribution in [-0.2, 0) is 6.54 Å². The quantitative estimate of drug-likeness (QED) is 0.901. The molecule has 1 aromatic rings. The number of anilines is 1. The number of rotatable bonds is 5. The Morgan fingerprint density at radius 3 is 2.74 bits per heavy atom. The number of nitrogens with zero attached hydrogens (tertiary/aromatic N) is 2. The lowest BCUT2D eigenvalue weighted by Gasteiger charge is -2.27. The number of benzene rings is 1. The van der Waals surface area contributed by atoms with Gasteiger partial charge in [-0.05, 0) is 43.3 Å². The summed E-state index contributed by atoms with van der Waals surface area (Å²) in [5.41, 5.74) is 8.24. The average Bonchev–Trinajstić information content (AvgIpc) is 2.89. The van der Waals surface area contributed by atoms with Crippen LogP contribution in [0.3, 0.4) is 0 Å². The molecule has 4 heteroatoms. The van der Waals surface area contributed by atoms with Crippen LogP contribution in [0, 0.1) is 0 Å². The van der Waals surface area contributed by atoms with Crippen molar-refractivity contribution < 1.29 is 0 Å². The molecule has 1 heterocycles. The number of hydrogen-bond donors (Lipinski definition) is 1. The minimum atomic E-state index is 0.544. The van der Waals surface area contributed by atoms with Crippen LogP contribution in [0.2, 0.25) is 5.02 Å². The largest absolute Gasteiger partial charge is 0.370 e. The highest BCUT2D eigenvalue weighted by molar-refractivity contribution is 6.30. The molecule has 0 saturated carbocycles. The summed E-state index contributed by atoms with van der Waals surface area (Å²) in [5.74, 6) is 0.